The zero-order chi connectivity index (χ0) is 10.7. The molecular weight excluding hydrogens is 190 g/mol. The van der Waals surface area contributed by atoms with Gasteiger partial charge in [0.05, 0.1) is 12.2 Å². The summed E-state index contributed by atoms with van der Waals surface area (Å²) in [6, 6.07) is 0. The molecule has 0 bridgehead atoms. The highest BCUT2D eigenvalue weighted by Gasteiger charge is 2.26. The third-order valence-corrected chi connectivity index (χ3v) is 3.78. The second kappa shape index (κ2) is 5.28. The number of hydrogen-bond acceptors (Lipinski definition) is 3. The maximum Gasteiger partial charge on any atom is 0.0588 e. The predicted molar refractivity (Wildman–Crippen MR) is 59.8 cm³/mol. The van der Waals surface area contributed by atoms with Crippen molar-refractivity contribution in [1.82, 2.24) is 4.90 Å². The topological polar surface area (TPSA) is 32.7 Å². The lowest BCUT2D eigenvalue weighted by atomic mass is 10.0. The van der Waals surface area contributed by atoms with Gasteiger partial charge in [0, 0.05) is 19.7 Å². The van der Waals surface area contributed by atoms with Crippen molar-refractivity contribution in [3.05, 3.63) is 0 Å². The van der Waals surface area contributed by atoms with Gasteiger partial charge in [0.15, 0.2) is 0 Å². The van der Waals surface area contributed by atoms with E-state index < -0.39 is 0 Å². The Morgan fingerprint density at radius 3 is 2.93 bits per heavy atom. The second-order valence-corrected chi connectivity index (χ2v) is 5.01. The molecule has 3 heteroatoms. The Bertz CT molecular complexity index is 190. The van der Waals surface area contributed by atoms with E-state index in [9.17, 15) is 5.11 Å². The first-order valence-corrected chi connectivity index (χ1v) is 6.27. The Morgan fingerprint density at radius 1 is 1.47 bits per heavy atom. The molecule has 0 saturated carbocycles. The molecule has 2 heterocycles. The van der Waals surface area contributed by atoms with E-state index in [0.717, 1.165) is 32.7 Å². The van der Waals surface area contributed by atoms with Crippen LogP contribution in [0.2, 0.25) is 0 Å². The van der Waals surface area contributed by atoms with Crippen molar-refractivity contribution < 1.29 is 9.84 Å². The fourth-order valence-electron chi connectivity index (χ4n) is 2.66. The van der Waals surface area contributed by atoms with Crippen LogP contribution in [0.4, 0.5) is 0 Å². The Kier molecular flexibility index (Phi) is 4.00. The van der Waals surface area contributed by atoms with Crippen LogP contribution in [0.15, 0.2) is 0 Å². The number of aliphatic hydroxyl groups excluding tert-OH is 1. The average Bonchev–Trinajstić information content (AvgIpc) is 2.86. The summed E-state index contributed by atoms with van der Waals surface area (Å²) in [4.78, 5) is 2.47. The van der Waals surface area contributed by atoms with Crippen molar-refractivity contribution in [2.45, 2.75) is 44.8 Å². The van der Waals surface area contributed by atoms with Gasteiger partial charge in [-0.05, 0) is 45.1 Å². The van der Waals surface area contributed by atoms with E-state index in [0.29, 0.717) is 12.0 Å². The van der Waals surface area contributed by atoms with Crippen LogP contribution in [0.25, 0.3) is 0 Å². The molecule has 88 valence electrons. The average molecular weight is 213 g/mol. The van der Waals surface area contributed by atoms with Gasteiger partial charge < -0.3 is 14.7 Å². The Labute approximate surface area is 92.4 Å². The highest BCUT2D eigenvalue weighted by molar-refractivity contribution is 4.79. The zero-order valence-corrected chi connectivity index (χ0v) is 9.69. The molecule has 0 aromatic rings. The van der Waals surface area contributed by atoms with E-state index in [1.807, 2.05) is 6.92 Å². The molecule has 2 aliphatic heterocycles. The summed E-state index contributed by atoms with van der Waals surface area (Å²) < 4.78 is 5.61. The zero-order valence-electron chi connectivity index (χ0n) is 9.69. The molecule has 0 amide bonds. The Hall–Kier alpha value is -0.120. The Balaban J connectivity index is 1.64. The fourth-order valence-corrected chi connectivity index (χ4v) is 2.66. The van der Waals surface area contributed by atoms with E-state index in [1.54, 1.807) is 0 Å². The summed E-state index contributed by atoms with van der Waals surface area (Å²) in [6.45, 7) is 6.25. The van der Waals surface area contributed by atoms with E-state index in [2.05, 4.69) is 4.90 Å². The van der Waals surface area contributed by atoms with Gasteiger partial charge in [0.1, 0.15) is 0 Å². The molecule has 0 spiro atoms. The van der Waals surface area contributed by atoms with Gasteiger partial charge in [-0.3, -0.25) is 0 Å². The minimum Gasteiger partial charge on any atom is -0.393 e. The standard InChI is InChI=1S/C12H23NO2/c1-10(14)11-4-6-13(9-11)7-5-12-3-2-8-15-12/h10-12,14H,2-9H2,1H3. The van der Waals surface area contributed by atoms with Crippen LogP contribution in [0, 0.1) is 5.92 Å². The van der Waals surface area contributed by atoms with Gasteiger partial charge in [-0.15, -0.1) is 0 Å². The van der Waals surface area contributed by atoms with Crippen LogP contribution in [0.1, 0.15) is 32.6 Å². The summed E-state index contributed by atoms with van der Waals surface area (Å²) in [6.07, 6.45) is 5.18. The molecule has 0 radical (unpaired) electrons. The monoisotopic (exact) mass is 213 g/mol. The summed E-state index contributed by atoms with van der Waals surface area (Å²) in [5.41, 5.74) is 0. The molecule has 0 aliphatic carbocycles. The lowest BCUT2D eigenvalue weighted by Crippen LogP contribution is -2.27. The normalized spacial score (nSPS) is 34.8. The van der Waals surface area contributed by atoms with Crippen molar-refractivity contribution >= 4 is 0 Å². The van der Waals surface area contributed by atoms with Gasteiger partial charge in [-0.1, -0.05) is 0 Å². The van der Waals surface area contributed by atoms with E-state index in [1.165, 1.54) is 19.3 Å². The van der Waals surface area contributed by atoms with Gasteiger partial charge >= 0.3 is 0 Å². The molecule has 2 aliphatic rings. The number of rotatable bonds is 4. The molecule has 2 fully saturated rings. The third-order valence-electron chi connectivity index (χ3n) is 3.78. The number of ether oxygens (including phenoxy) is 1. The third kappa shape index (κ3) is 3.16. The molecule has 3 nitrogen and oxygen atoms in total. The number of nitrogens with zero attached hydrogens (tertiary/aromatic N) is 1. The Morgan fingerprint density at radius 2 is 2.33 bits per heavy atom. The van der Waals surface area contributed by atoms with Crippen LogP contribution >= 0.6 is 0 Å². The molecule has 1 N–H and O–H groups in total. The van der Waals surface area contributed by atoms with Crippen LogP contribution in [-0.4, -0.2) is 48.5 Å². The number of hydrogen-bond donors (Lipinski definition) is 1. The first-order chi connectivity index (χ1) is 7.25. The van der Waals surface area contributed by atoms with Crippen LogP contribution in [0.5, 0.6) is 0 Å². The lowest BCUT2D eigenvalue weighted by molar-refractivity contribution is 0.0915. The predicted octanol–water partition coefficient (Wildman–Crippen LogP) is 1.26. The summed E-state index contributed by atoms with van der Waals surface area (Å²) >= 11 is 0. The molecular formula is C12H23NO2. The van der Waals surface area contributed by atoms with E-state index in [4.69, 9.17) is 4.74 Å². The van der Waals surface area contributed by atoms with Crippen LogP contribution < -0.4 is 0 Å². The van der Waals surface area contributed by atoms with Gasteiger partial charge in [-0.2, -0.15) is 0 Å². The smallest absolute Gasteiger partial charge is 0.0588 e. The van der Waals surface area contributed by atoms with Crippen molar-refractivity contribution in [3.8, 4) is 0 Å². The SMILES string of the molecule is CC(O)C1CCN(CCC2CCCO2)C1. The number of likely N-dealkylation sites (tertiary alicyclic amines) is 1. The molecule has 15 heavy (non-hydrogen) atoms. The molecule has 2 saturated heterocycles. The van der Waals surface area contributed by atoms with Crippen molar-refractivity contribution in [3.63, 3.8) is 0 Å². The largest absolute Gasteiger partial charge is 0.393 e. The highest BCUT2D eigenvalue weighted by atomic mass is 16.5. The molecule has 0 aromatic heterocycles. The first-order valence-electron chi connectivity index (χ1n) is 6.27. The van der Waals surface area contributed by atoms with Crippen LogP contribution in [0.3, 0.4) is 0 Å². The maximum atomic E-state index is 9.50. The highest BCUT2D eigenvalue weighted by Crippen LogP contribution is 2.21. The molecule has 2 rings (SSSR count). The van der Waals surface area contributed by atoms with E-state index >= 15 is 0 Å². The van der Waals surface area contributed by atoms with Gasteiger partial charge in [0.25, 0.3) is 0 Å². The van der Waals surface area contributed by atoms with Crippen molar-refractivity contribution in [1.29, 1.82) is 0 Å². The first kappa shape index (κ1) is 11.4. The van der Waals surface area contributed by atoms with Gasteiger partial charge in [0.2, 0.25) is 0 Å². The molecule has 0 aromatic carbocycles. The van der Waals surface area contributed by atoms with Gasteiger partial charge in [-0.25, -0.2) is 0 Å². The quantitative estimate of drug-likeness (QED) is 0.763. The fraction of sp³-hybridized carbons (Fsp3) is 1.00. The molecule has 3 atom stereocenters. The minimum atomic E-state index is -0.141. The van der Waals surface area contributed by atoms with E-state index in [-0.39, 0.29) is 6.10 Å². The van der Waals surface area contributed by atoms with Crippen LogP contribution in [-0.2, 0) is 4.74 Å². The number of aliphatic hydroxyl groups is 1. The van der Waals surface area contributed by atoms with Crippen molar-refractivity contribution in [2.75, 3.05) is 26.2 Å². The summed E-state index contributed by atoms with van der Waals surface area (Å²) in [5, 5.41) is 9.50. The maximum absolute atomic E-state index is 9.50. The minimum absolute atomic E-state index is 0.141. The second-order valence-electron chi connectivity index (χ2n) is 5.01. The lowest BCUT2D eigenvalue weighted by Gasteiger charge is -2.19. The van der Waals surface area contributed by atoms with Crippen molar-refractivity contribution in [2.24, 2.45) is 5.92 Å². The molecule has 3 unspecified atom stereocenters. The summed E-state index contributed by atoms with van der Waals surface area (Å²) in [5.74, 6) is 0.495. The summed E-state index contributed by atoms with van der Waals surface area (Å²) in [7, 11) is 0.